The number of nitro benzene ring substituents is 1. The summed E-state index contributed by atoms with van der Waals surface area (Å²) in [5.41, 5.74) is 8.48. The molecule has 1 aliphatic carbocycles. The van der Waals surface area contributed by atoms with Gasteiger partial charge in [0.1, 0.15) is 17.8 Å². The molecule has 0 bridgehead atoms. The van der Waals surface area contributed by atoms with Gasteiger partial charge in [-0.15, -0.1) is 0 Å². The molecule has 4 rings (SSSR count). The normalized spacial score (nSPS) is 13.6. The number of hydrogen-bond donors (Lipinski definition) is 3. The lowest BCUT2D eigenvalue weighted by atomic mass is 9.96. The summed E-state index contributed by atoms with van der Waals surface area (Å²) in [7, 11) is 0. The largest absolute Gasteiger partial charge is 0.397 e. The maximum Gasteiger partial charge on any atom is 0.307 e. The van der Waals surface area contributed by atoms with Gasteiger partial charge in [0, 0.05) is 17.8 Å². The molecule has 8 nitrogen and oxygen atoms in total. The van der Waals surface area contributed by atoms with Gasteiger partial charge >= 0.3 is 5.69 Å². The lowest BCUT2D eigenvalue weighted by Gasteiger charge is -2.13. The van der Waals surface area contributed by atoms with Crippen molar-refractivity contribution >= 4 is 33.9 Å². The molecule has 0 aliphatic heterocycles. The molecule has 3 aromatic rings. The number of nitrogen functional groups attached to an aromatic ring is 1. The van der Waals surface area contributed by atoms with E-state index in [9.17, 15) is 14.5 Å². The van der Waals surface area contributed by atoms with Crippen LogP contribution in [0.5, 0.6) is 0 Å². The third-order valence-electron chi connectivity index (χ3n) is 4.45. The molecular formula is C16H15FN6O2. The van der Waals surface area contributed by atoms with Gasteiger partial charge < -0.3 is 16.0 Å². The number of aryl methyl sites for hydroxylation is 2. The average Bonchev–Trinajstić information content (AvgIpc) is 2.96. The Hall–Kier alpha value is -3.23. The first-order valence-electron chi connectivity index (χ1n) is 7.89. The summed E-state index contributed by atoms with van der Waals surface area (Å²) in [5.74, 6) is -0.475. The average molecular weight is 342 g/mol. The van der Waals surface area contributed by atoms with Crippen LogP contribution in [0.2, 0.25) is 0 Å². The third-order valence-corrected chi connectivity index (χ3v) is 4.45. The molecule has 1 aliphatic rings. The number of nitrogens with one attached hydrogen (secondary N) is 2. The number of fused-ring (bicyclic) bond motifs is 3. The highest BCUT2D eigenvalue weighted by molar-refractivity contribution is 5.94. The van der Waals surface area contributed by atoms with Gasteiger partial charge in [-0.1, -0.05) is 0 Å². The van der Waals surface area contributed by atoms with Crippen molar-refractivity contribution in [3.63, 3.8) is 0 Å². The SMILES string of the molecule is Nc1cc(F)c([N+](=O)[O-])cc1Nc1ncnc2[nH]c3c(c12)CCCC3. The van der Waals surface area contributed by atoms with Crippen LogP contribution in [-0.2, 0) is 12.8 Å². The number of aromatic amines is 1. The molecule has 0 saturated carbocycles. The number of aromatic nitrogens is 3. The molecule has 1 aromatic carbocycles. The zero-order chi connectivity index (χ0) is 17.6. The van der Waals surface area contributed by atoms with Crippen LogP contribution in [0.15, 0.2) is 18.5 Å². The van der Waals surface area contributed by atoms with Crippen molar-refractivity contribution < 1.29 is 9.31 Å². The minimum atomic E-state index is -0.972. The van der Waals surface area contributed by atoms with Crippen LogP contribution in [-0.4, -0.2) is 19.9 Å². The first kappa shape index (κ1) is 15.3. The molecule has 0 spiro atoms. The van der Waals surface area contributed by atoms with E-state index < -0.39 is 16.4 Å². The van der Waals surface area contributed by atoms with Gasteiger partial charge in [0.25, 0.3) is 0 Å². The second kappa shape index (κ2) is 5.69. The Morgan fingerprint density at radius 1 is 1.28 bits per heavy atom. The highest BCUT2D eigenvalue weighted by atomic mass is 19.1. The van der Waals surface area contributed by atoms with E-state index in [2.05, 4.69) is 20.3 Å². The van der Waals surface area contributed by atoms with Crippen molar-refractivity contribution in [1.82, 2.24) is 15.0 Å². The van der Waals surface area contributed by atoms with Crippen LogP contribution in [0.3, 0.4) is 0 Å². The van der Waals surface area contributed by atoms with Crippen LogP contribution in [0.25, 0.3) is 11.0 Å². The van der Waals surface area contributed by atoms with Crippen molar-refractivity contribution in [3.8, 4) is 0 Å². The summed E-state index contributed by atoms with van der Waals surface area (Å²) in [5, 5.41) is 14.8. The molecular weight excluding hydrogens is 327 g/mol. The summed E-state index contributed by atoms with van der Waals surface area (Å²) in [6.07, 6.45) is 5.47. The summed E-state index contributed by atoms with van der Waals surface area (Å²) in [6.45, 7) is 0. The van der Waals surface area contributed by atoms with Gasteiger partial charge in [-0.2, -0.15) is 4.39 Å². The molecule has 0 saturated heterocycles. The minimum Gasteiger partial charge on any atom is -0.397 e. The molecule has 0 unspecified atom stereocenters. The Morgan fingerprint density at radius 3 is 2.88 bits per heavy atom. The van der Waals surface area contributed by atoms with Gasteiger partial charge in [-0.3, -0.25) is 10.1 Å². The zero-order valence-corrected chi connectivity index (χ0v) is 13.2. The minimum absolute atomic E-state index is 0.0688. The summed E-state index contributed by atoms with van der Waals surface area (Å²) in [4.78, 5) is 22.0. The lowest BCUT2D eigenvalue weighted by molar-refractivity contribution is -0.387. The predicted octanol–water partition coefficient (Wildman–Crippen LogP) is 3.21. The number of hydrogen-bond acceptors (Lipinski definition) is 6. The maximum atomic E-state index is 13.7. The number of benzene rings is 1. The number of nitro groups is 1. The van der Waals surface area contributed by atoms with Crippen LogP contribution in [0.4, 0.5) is 27.3 Å². The molecule has 0 atom stereocenters. The molecule has 25 heavy (non-hydrogen) atoms. The Balaban J connectivity index is 1.83. The van der Waals surface area contributed by atoms with Gasteiger partial charge in [0.05, 0.1) is 21.7 Å². The van der Waals surface area contributed by atoms with E-state index in [-0.39, 0.29) is 11.4 Å². The fraction of sp³-hybridized carbons (Fsp3) is 0.250. The standard InChI is InChI=1S/C16H15FN6O2/c17-9-5-10(18)12(6-13(9)23(24)25)22-16-14-8-3-1-2-4-11(8)21-15(14)19-7-20-16/h5-7H,1-4,18H2,(H2,19,20,21,22). The summed E-state index contributed by atoms with van der Waals surface area (Å²) < 4.78 is 13.7. The molecule has 4 N–H and O–H groups in total. The Kier molecular flexibility index (Phi) is 3.48. The quantitative estimate of drug-likeness (QED) is 0.381. The molecule has 128 valence electrons. The van der Waals surface area contributed by atoms with Crippen LogP contribution >= 0.6 is 0 Å². The molecule has 0 fully saturated rings. The fourth-order valence-electron chi connectivity index (χ4n) is 3.28. The van der Waals surface area contributed by atoms with E-state index in [1.54, 1.807) is 0 Å². The van der Waals surface area contributed by atoms with Crippen molar-refractivity contribution in [3.05, 3.63) is 45.6 Å². The second-order valence-electron chi connectivity index (χ2n) is 6.01. The third kappa shape index (κ3) is 2.53. The Morgan fingerprint density at radius 2 is 2.08 bits per heavy atom. The molecule has 2 heterocycles. The first-order chi connectivity index (χ1) is 12.0. The Labute approximate surface area is 141 Å². The summed E-state index contributed by atoms with van der Waals surface area (Å²) in [6, 6.07) is 2.02. The monoisotopic (exact) mass is 342 g/mol. The van der Waals surface area contributed by atoms with E-state index in [1.165, 1.54) is 6.33 Å². The maximum absolute atomic E-state index is 13.7. The van der Waals surface area contributed by atoms with Crippen molar-refractivity contribution in [2.45, 2.75) is 25.7 Å². The van der Waals surface area contributed by atoms with E-state index in [0.717, 1.165) is 54.5 Å². The molecule has 0 radical (unpaired) electrons. The van der Waals surface area contributed by atoms with Crippen LogP contribution in [0.1, 0.15) is 24.1 Å². The predicted molar refractivity (Wildman–Crippen MR) is 91.3 cm³/mol. The van der Waals surface area contributed by atoms with E-state index >= 15 is 0 Å². The van der Waals surface area contributed by atoms with Crippen molar-refractivity contribution in [2.75, 3.05) is 11.1 Å². The number of nitrogens with zero attached hydrogens (tertiary/aromatic N) is 3. The molecule has 0 amide bonds. The van der Waals surface area contributed by atoms with E-state index in [4.69, 9.17) is 5.73 Å². The van der Waals surface area contributed by atoms with Crippen LogP contribution < -0.4 is 11.1 Å². The summed E-state index contributed by atoms with van der Waals surface area (Å²) >= 11 is 0. The van der Waals surface area contributed by atoms with Gasteiger partial charge in [0.2, 0.25) is 5.82 Å². The van der Waals surface area contributed by atoms with Gasteiger partial charge in [-0.05, 0) is 31.2 Å². The van der Waals surface area contributed by atoms with Crippen LogP contribution in [0, 0.1) is 15.9 Å². The fourth-order valence-corrected chi connectivity index (χ4v) is 3.28. The number of halogens is 1. The van der Waals surface area contributed by atoms with Crippen molar-refractivity contribution in [1.29, 1.82) is 0 Å². The van der Waals surface area contributed by atoms with Crippen molar-refractivity contribution in [2.24, 2.45) is 0 Å². The number of H-pyrrole nitrogens is 1. The second-order valence-corrected chi connectivity index (χ2v) is 6.01. The molecule has 9 heteroatoms. The number of nitrogens with two attached hydrogens (primary N) is 1. The highest BCUT2D eigenvalue weighted by Gasteiger charge is 2.21. The van der Waals surface area contributed by atoms with Gasteiger partial charge in [-0.25, -0.2) is 9.97 Å². The first-order valence-corrected chi connectivity index (χ1v) is 7.89. The highest BCUT2D eigenvalue weighted by Crippen LogP contribution is 2.35. The smallest absolute Gasteiger partial charge is 0.307 e. The number of rotatable bonds is 3. The number of anilines is 3. The van der Waals surface area contributed by atoms with E-state index in [0.29, 0.717) is 11.5 Å². The topological polar surface area (TPSA) is 123 Å². The Bertz CT molecular complexity index is 1000. The molecule has 2 aromatic heterocycles. The lowest BCUT2D eigenvalue weighted by Crippen LogP contribution is -2.04. The zero-order valence-electron chi connectivity index (χ0n) is 13.2. The van der Waals surface area contributed by atoms with Gasteiger partial charge in [0.15, 0.2) is 0 Å². The van der Waals surface area contributed by atoms with E-state index in [1.807, 2.05) is 0 Å².